The smallest absolute Gasteiger partial charge is 0.125 e. The lowest BCUT2D eigenvalue weighted by atomic mass is 9.89. The number of nitrogens with one attached hydrogen (secondary N) is 1. The molecule has 3 heteroatoms. The van der Waals surface area contributed by atoms with Gasteiger partial charge < -0.3 is 10.1 Å². The van der Waals surface area contributed by atoms with Crippen LogP contribution in [0.15, 0.2) is 34.3 Å². The Morgan fingerprint density at radius 1 is 1.35 bits per heavy atom. The molecule has 0 saturated carbocycles. The van der Waals surface area contributed by atoms with Gasteiger partial charge in [-0.25, -0.2) is 0 Å². The molecule has 1 aliphatic rings. The predicted molar refractivity (Wildman–Crippen MR) is 88.3 cm³/mol. The zero-order valence-electron chi connectivity index (χ0n) is 12.4. The van der Waals surface area contributed by atoms with Gasteiger partial charge in [0.1, 0.15) is 5.75 Å². The molecule has 0 aliphatic heterocycles. The summed E-state index contributed by atoms with van der Waals surface area (Å²) in [7, 11) is 1.75. The summed E-state index contributed by atoms with van der Waals surface area (Å²) in [4.78, 5) is 0. The van der Waals surface area contributed by atoms with Crippen LogP contribution in [0, 0.1) is 0 Å². The molecule has 2 nitrogen and oxygen atoms in total. The molecule has 1 aromatic carbocycles. The molecule has 0 fully saturated rings. The molecule has 0 radical (unpaired) electrons. The van der Waals surface area contributed by atoms with E-state index in [-0.39, 0.29) is 0 Å². The van der Waals surface area contributed by atoms with Crippen LogP contribution < -0.4 is 10.1 Å². The Bertz CT molecular complexity index is 470. The fraction of sp³-hybridized carbons (Fsp3) is 0.529. The van der Waals surface area contributed by atoms with Gasteiger partial charge in [-0.1, -0.05) is 40.6 Å². The summed E-state index contributed by atoms with van der Waals surface area (Å²) in [5.74, 6) is 0.958. The molecule has 2 rings (SSSR count). The molecule has 20 heavy (non-hydrogen) atoms. The standard InChI is InChI=1S/C17H24BrNO/c1-3-11-19-17(13-7-5-4-6-8-13)15-10-9-14(18)12-16(15)20-2/h7,9-10,12,17,19H,3-6,8,11H2,1-2H3. The quantitative estimate of drug-likeness (QED) is 0.737. The van der Waals surface area contributed by atoms with Crippen molar-refractivity contribution in [3.63, 3.8) is 0 Å². The molecule has 1 N–H and O–H groups in total. The van der Waals surface area contributed by atoms with Crippen molar-refractivity contribution in [1.29, 1.82) is 0 Å². The Kier molecular flexibility index (Phi) is 6.11. The topological polar surface area (TPSA) is 21.3 Å². The largest absolute Gasteiger partial charge is 0.496 e. The third kappa shape index (κ3) is 3.86. The van der Waals surface area contributed by atoms with E-state index in [0.29, 0.717) is 6.04 Å². The Balaban J connectivity index is 2.32. The Morgan fingerprint density at radius 2 is 2.20 bits per heavy atom. The first-order chi connectivity index (χ1) is 9.76. The van der Waals surface area contributed by atoms with Crippen molar-refractivity contribution < 1.29 is 4.74 Å². The SMILES string of the molecule is CCCNC(C1=CCCCC1)c1ccc(Br)cc1OC. The molecule has 0 amide bonds. The number of ether oxygens (including phenoxy) is 1. The van der Waals surface area contributed by atoms with Crippen LogP contribution in [0.3, 0.4) is 0 Å². The van der Waals surface area contributed by atoms with Crippen LogP contribution in [0.1, 0.15) is 50.6 Å². The third-order valence-corrected chi connectivity index (χ3v) is 4.30. The zero-order chi connectivity index (χ0) is 14.4. The molecule has 110 valence electrons. The monoisotopic (exact) mass is 337 g/mol. The zero-order valence-corrected chi connectivity index (χ0v) is 14.0. The van der Waals surface area contributed by atoms with Gasteiger partial charge in [-0.2, -0.15) is 0 Å². The predicted octanol–water partition coefficient (Wildman–Crippen LogP) is 5.00. The normalized spacial score (nSPS) is 16.6. The van der Waals surface area contributed by atoms with Gasteiger partial charge in [-0.3, -0.25) is 0 Å². The summed E-state index contributed by atoms with van der Waals surface area (Å²) >= 11 is 3.52. The van der Waals surface area contributed by atoms with Crippen molar-refractivity contribution in [3.8, 4) is 5.75 Å². The van der Waals surface area contributed by atoms with Gasteiger partial charge in [0.05, 0.1) is 13.2 Å². The van der Waals surface area contributed by atoms with Gasteiger partial charge >= 0.3 is 0 Å². The highest BCUT2D eigenvalue weighted by Gasteiger charge is 2.21. The molecule has 1 unspecified atom stereocenters. The fourth-order valence-corrected chi connectivity index (χ4v) is 3.12. The molecule has 0 heterocycles. The number of allylic oxidation sites excluding steroid dienone is 1. The number of methoxy groups -OCH3 is 1. The number of benzene rings is 1. The summed E-state index contributed by atoms with van der Waals surface area (Å²) in [6.07, 6.45) is 8.58. The first-order valence-corrected chi connectivity index (χ1v) is 8.31. The molecule has 1 atom stereocenters. The highest BCUT2D eigenvalue weighted by Crippen LogP contribution is 2.36. The molecule has 1 aliphatic carbocycles. The summed E-state index contributed by atoms with van der Waals surface area (Å²) in [5.41, 5.74) is 2.77. The third-order valence-electron chi connectivity index (χ3n) is 3.80. The maximum Gasteiger partial charge on any atom is 0.125 e. The van der Waals surface area contributed by atoms with Crippen molar-refractivity contribution in [3.05, 3.63) is 39.9 Å². The number of hydrogen-bond acceptors (Lipinski definition) is 2. The van der Waals surface area contributed by atoms with Crippen LogP contribution in [-0.2, 0) is 0 Å². The fourth-order valence-electron chi connectivity index (χ4n) is 2.78. The number of rotatable bonds is 6. The van der Waals surface area contributed by atoms with E-state index in [9.17, 15) is 0 Å². The highest BCUT2D eigenvalue weighted by atomic mass is 79.9. The van der Waals surface area contributed by atoms with Crippen molar-refractivity contribution in [2.24, 2.45) is 0 Å². The molecule has 0 spiro atoms. The molecule has 0 bridgehead atoms. The lowest BCUT2D eigenvalue weighted by Crippen LogP contribution is -2.25. The average molecular weight is 338 g/mol. The minimum Gasteiger partial charge on any atom is -0.496 e. The lowest BCUT2D eigenvalue weighted by Gasteiger charge is -2.26. The van der Waals surface area contributed by atoms with Gasteiger partial charge in [-0.05, 0) is 50.8 Å². The van der Waals surface area contributed by atoms with Gasteiger partial charge in [0.15, 0.2) is 0 Å². The molecule has 1 aromatic rings. The summed E-state index contributed by atoms with van der Waals surface area (Å²) in [6, 6.07) is 6.62. The van der Waals surface area contributed by atoms with Crippen molar-refractivity contribution >= 4 is 15.9 Å². The highest BCUT2D eigenvalue weighted by molar-refractivity contribution is 9.10. The van der Waals surface area contributed by atoms with E-state index in [1.807, 2.05) is 0 Å². The van der Waals surface area contributed by atoms with E-state index in [4.69, 9.17) is 4.74 Å². The Labute approximate surface area is 130 Å². The maximum atomic E-state index is 5.58. The number of hydrogen-bond donors (Lipinski definition) is 1. The Hall–Kier alpha value is -0.800. The van der Waals surface area contributed by atoms with E-state index >= 15 is 0 Å². The van der Waals surface area contributed by atoms with Crippen LogP contribution in [0.4, 0.5) is 0 Å². The summed E-state index contributed by atoms with van der Waals surface area (Å²) in [6.45, 7) is 3.24. The van der Waals surface area contributed by atoms with Crippen molar-refractivity contribution in [2.75, 3.05) is 13.7 Å². The first kappa shape index (κ1) is 15.6. The second-order valence-electron chi connectivity index (χ2n) is 5.30. The van der Waals surface area contributed by atoms with Crippen molar-refractivity contribution in [1.82, 2.24) is 5.32 Å². The molecular formula is C17H24BrNO. The lowest BCUT2D eigenvalue weighted by molar-refractivity contribution is 0.401. The van der Waals surface area contributed by atoms with Gasteiger partial charge in [0.2, 0.25) is 0 Å². The Morgan fingerprint density at radius 3 is 2.85 bits per heavy atom. The van der Waals surface area contributed by atoms with Gasteiger partial charge in [-0.15, -0.1) is 0 Å². The van der Waals surface area contributed by atoms with Crippen LogP contribution in [0.5, 0.6) is 5.75 Å². The summed E-state index contributed by atoms with van der Waals surface area (Å²) < 4.78 is 6.64. The second-order valence-corrected chi connectivity index (χ2v) is 6.21. The van der Waals surface area contributed by atoms with Crippen LogP contribution in [0.25, 0.3) is 0 Å². The number of halogens is 1. The minimum atomic E-state index is 0.290. The first-order valence-electron chi connectivity index (χ1n) is 7.52. The molecule has 0 saturated heterocycles. The van der Waals surface area contributed by atoms with E-state index in [0.717, 1.165) is 23.2 Å². The van der Waals surface area contributed by atoms with Gasteiger partial charge in [0.25, 0.3) is 0 Å². The van der Waals surface area contributed by atoms with Crippen LogP contribution in [-0.4, -0.2) is 13.7 Å². The van der Waals surface area contributed by atoms with E-state index in [1.54, 1.807) is 7.11 Å². The van der Waals surface area contributed by atoms with Crippen molar-refractivity contribution in [2.45, 2.75) is 45.1 Å². The van der Waals surface area contributed by atoms with Crippen LogP contribution >= 0.6 is 15.9 Å². The minimum absolute atomic E-state index is 0.290. The average Bonchev–Trinajstić information content (AvgIpc) is 2.49. The van der Waals surface area contributed by atoms with Crippen LogP contribution in [0.2, 0.25) is 0 Å². The van der Waals surface area contributed by atoms with E-state index in [2.05, 4.69) is 52.4 Å². The second kappa shape index (κ2) is 7.84. The van der Waals surface area contributed by atoms with Gasteiger partial charge in [0, 0.05) is 10.0 Å². The van der Waals surface area contributed by atoms with E-state index < -0.39 is 0 Å². The summed E-state index contributed by atoms with van der Waals surface area (Å²) in [5, 5.41) is 3.69. The molecular weight excluding hydrogens is 314 g/mol. The van der Waals surface area contributed by atoms with E-state index in [1.165, 1.54) is 36.8 Å². The maximum absolute atomic E-state index is 5.58. The molecule has 0 aromatic heterocycles.